The lowest BCUT2D eigenvalue weighted by molar-refractivity contribution is -0.113. The van der Waals surface area contributed by atoms with Gasteiger partial charge in [0.25, 0.3) is 5.56 Å². The Hall–Kier alpha value is -3.13. The van der Waals surface area contributed by atoms with Crippen molar-refractivity contribution in [1.82, 2.24) is 14.5 Å². The number of aromatic nitrogens is 3. The molecular formula is C17H15N5O2S. The Bertz CT molecular complexity index is 929. The number of nitrogens with zero attached hydrogens (tertiary/aromatic N) is 3. The molecule has 0 radical (unpaired) electrons. The van der Waals surface area contributed by atoms with Crippen LogP contribution < -0.4 is 16.6 Å². The van der Waals surface area contributed by atoms with Crippen molar-refractivity contribution >= 4 is 29.3 Å². The van der Waals surface area contributed by atoms with Gasteiger partial charge in [-0.2, -0.15) is 4.98 Å². The zero-order valence-corrected chi connectivity index (χ0v) is 13.9. The van der Waals surface area contributed by atoms with Crippen molar-refractivity contribution in [2.75, 3.05) is 16.8 Å². The molecule has 0 aliphatic rings. The standard InChI is InChI=1S/C17H15N5O2S/c18-13-10-15(23)21-17(22(13)12-6-2-1-3-7-12)25-11-16(24)20-14-8-4-5-9-19-14/h1-10H,11,18H2,(H,19,20,24). The summed E-state index contributed by atoms with van der Waals surface area (Å²) in [6.45, 7) is 0. The predicted octanol–water partition coefficient (Wildman–Crippen LogP) is 1.94. The van der Waals surface area contributed by atoms with Gasteiger partial charge in [0.1, 0.15) is 11.6 Å². The van der Waals surface area contributed by atoms with Gasteiger partial charge in [0, 0.05) is 18.0 Å². The van der Waals surface area contributed by atoms with E-state index in [1.165, 1.54) is 6.07 Å². The van der Waals surface area contributed by atoms with Crippen LogP contribution in [0.25, 0.3) is 5.69 Å². The van der Waals surface area contributed by atoms with Crippen molar-refractivity contribution in [1.29, 1.82) is 0 Å². The first-order valence-electron chi connectivity index (χ1n) is 7.42. The van der Waals surface area contributed by atoms with E-state index in [1.54, 1.807) is 29.0 Å². The number of hydrogen-bond donors (Lipinski definition) is 2. The molecule has 2 heterocycles. The molecule has 0 bridgehead atoms. The van der Waals surface area contributed by atoms with Gasteiger partial charge in [-0.25, -0.2) is 4.98 Å². The third kappa shape index (κ3) is 4.24. The van der Waals surface area contributed by atoms with Crippen LogP contribution in [0.2, 0.25) is 0 Å². The van der Waals surface area contributed by atoms with Crippen molar-refractivity contribution < 1.29 is 4.79 Å². The number of nitrogens with one attached hydrogen (secondary N) is 1. The first kappa shape index (κ1) is 16.7. The maximum Gasteiger partial charge on any atom is 0.275 e. The van der Waals surface area contributed by atoms with Crippen molar-refractivity contribution in [2.45, 2.75) is 5.16 Å². The van der Waals surface area contributed by atoms with Crippen molar-refractivity contribution in [2.24, 2.45) is 0 Å². The summed E-state index contributed by atoms with van der Waals surface area (Å²) in [6.07, 6.45) is 1.59. The quantitative estimate of drug-likeness (QED) is 0.537. The predicted molar refractivity (Wildman–Crippen MR) is 97.8 cm³/mol. The largest absolute Gasteiger partial charge is 0.385 e. The summed E-state index contributed by atoms with van der Waals surface area (Å²) in [6, 6.07) is 15.8. The summed E-state index contributed by atoms with van der Waals surface area (Å²) in [7, 11) is 0. The number of benzene rings is 1. The van der Waals surface area contributed by atoms with Crippen LogP contribution in [0.3, 0.4) is 0 Å². The number of pyridine rings is 1. The summed E-state index contributed by atoms with van der Waals surface area (Å²) >= 11 is 1.13. The van der Waals surface area contributed by atoms with Crippen LogP contribution >= 0.6 is 11.8 Å². The van der Waals surface area contributed by atoms with Crippen LogP contribution in [0, 0.1) is 0 Å². The van der Waals surface area contributed by atoms with Gasteiger partial charge in [0.05, 0.1) is 5.75 Å². The zero-order chi connectivity index (χ0) is 17.6. The highest BCUT2D eigenvalue weighted by Gasteiger charge is 2.12. The molecule has 0 aliphatic heterocycles. The minimum atomic E-state index is -0.447. The summed E-state index contributed by atoms with van der Waals surface area (Å²) in [4.78, 5) is 31.8. The van der Waals surface area contributed by atoms with E-state index >= 15 is 0 Å². The van der Waals surface area contributed by atoms with Gasteiger partial charge in [-0.15, -0.1) is 0 Å². The van der Waals surface area contributed by atoms with Crippen LogP contribution in [0.4, 0.5) is 11.6 Å². The molecule has 8 heteroatoms. The van der Waals surface area contributed by atoms with E-state index in [0.29, 0.717) is 11.0 Å². The lowest BCUT2D eigenvalue weighted by atomic mass is 10.3. The molecule has 0 atom stereocenters. The molecule has 0 saturated carbocycles. The molecular weight excluding hydrogens is 338 g/mol. The molecule has 0 fully saturated rings. The summed E-state index contributed by atoms with van der Waals surface area (Å²) in [5.74, 6) is 0.548. The summed E-state index contributed by atoms with van der Waals surface area (Å²) in [5, 5.41) is 3.04. The fourth-order valence-electron chi connectivity index (χ4n) is 2.16. The fourth-order valence-corrected chi connectivity index (χ4v) is 2.98. The number of nitrogen functional groups attached to an aromatic ring is 1. The molecule has 1 aromatic carbocycles. The highest BCUT2D eigenvalue weighted by atomic mass is 32.2. The van der Waals surface area contributed by atoms with Gasteiger partial charge in [-0.3, -0.25) is 14.2 Å². The average Bonchev–Trinajstić information content (AvgIpc) is 2.61. The topological polar surface area (TPSA) is 103 Å². The number of rotatable bonds is 5. The Morgan fingerprint density at radius 3 is 2.64 bits per heavy atom. The van der Waals surface area contributed by atoms with E-state index < -0.39 is 5.56 Å². The molecule has 3 aromatic rings. The Labute approximate surface area is 147 Å². The van der Waals surface area contributed by atoms with Crippen LogP contribution in [0.15, 0.2) is 70.7 Å². The number of carbonyl (C=O) groups excluding carboxylic acids is 1. The first-order chi connectivity index (χ1) is 12.1. The molecule has 25 heavy (non-hydrogen) atoms. The zero-order valence-electron chi connectivity index (χ0n) is 13.1. The number of hydrogen-bond acceptors (Lipinski definition) is 6. The minimum Gasteiger partial charge on any atom is -0.385 e. The van der Waals surface area contributed by atoms with Gasteiger partial charge in [0.15, 0.2) is 5.16 Å². The van der Waals surface area contributed by atoms with E-state index in [0.717, 1.165) is 17.4 Å². The lowest BCUT2D eigenvalue weighted by Gasteiger charge is -2.14. The van der Waals surface area contributed by atoms with E-state index in [9.17, 15) is 9.59 Å². The smallest absolute Gasteiger partial charge is 0.275 e. The minimum absolute atomic E-state index is 0.0688. The maximum absolute atomic E-state index is 12.1. The lowest BCUT2D eigenvalue weighted by Crippen LogP contribution is -2.19. The first-order valence-corrected chi connectivity index (χ1v) is 8.41. The normalized spacial score (nSPS) is 10.4. The van der Waals surface area contributed by atoms with Crippen LogP contribution in [0.1, 0.15) is 0 Å². The van der Waals surface area contributed by atoms with E-state index in [-0.39, 0.29) is 17.5 Å². The third-order valence-electron chi connectivity index (χ3n) is 3.21. The van der Waals surface area contributed by atoms with Gasteiger partial charge >= 0.3 is 0 Å². The number of thioether (sulfide) groups is 1. The molecule has 2 aromatic heterocycles. The molecule has 7 nitrogen and oxygen atoms in total. The second kappa shape index (κ2) is 7.63. The number of para-hydroxylation sites is 1. The Kier molecular flexibility index (Phi) is 5.10. The third-order valence-corrected chi connectivity index (χ3v) is 4.14. The fraction of sp³-hybridized carbons (Fsp3) is 0.0588. The number of anilines is 2. The second-order valence-corrected chi connectivity index (χ2v) is 5.97. The molecule has 3 N–H and O–H groups in total. The molecule has 1 amide bonds. The van der Waals surface area contributed by atoms with Crippen LogP contribution in [0.5, 0.6) is 0 Å². The summed E-state index contributed by atoms with van der Waals surface area (Å²) < 4.78 is 1.64. The van der Waals surface area contributed by atoms with Gasteiger partial charge in [-0.1, -0.05) is 36.0 Å². The second-order valence-electron chi connectivity index (χ2n) is 5.02. The van der Waals surface area contributed by atoms with E-state index in [2.05, 4.69) is 15.3 Å². The SMILES string of the molecule is Nc1cc(=O)nc(SCC(=O)Nc2ccccn2)n1-c1ccccc1. The van der Waals surface area contributed by atoms with E-state index in [1.807, 2.05) is 30.3 Å². The molecule has 0 spiro atoms. The van der Waals surface area contributed by atoms with E-state index in [4.69, 9.17) is 5.73 Å². The summed E-state index contributed by atoms with van der Waals surface area (Å²) in [5.41, 5.74) is 6.30. The van der Waals surface area contributed by atoms with Crippen LogP contribution in [-0.4, -0.2) is 26.2 Å². The Morgan fingerprint density at radius 1 is 1.16 bits per heavy atom. The van der Waals surface area contributed by atoms with Gasteiger partial charge in [-0.05, 0) is 24.3 Å². The molecule has 126 valence electrons. The number of carbonyl (C=O) groups is 1. The molecule has 3 rings (SSSR count). The molecule has 0 aliphatic carbocycles. The number of nitrogens with two attached hydrogens (primary N) is 1. The van der Waals surface area contributed by atoms with Crippen LogP contribution in [-0.2, 0) is 4.79 Å². The monoisotopic (exact) mass is 353 g/mol. The van der Waals surface area contributed by atoms with Gasteiger partial charge < -0.3 is 11.1 Å². The highest BCUT2D eigenvalue weighted by Crippen LogP contribution is 2.22. The Balaban J connectivity index is 1.80. The van der Waals surface area contributed by atoms with Crippen molar-refractivity contribution in [3.05, 3.63) is 71.1 Å². The number of amides is 1. The highest BCUT2D eigenvalue weighted by molar-refractivity contribution is 7.99. The molecule has 0 saturated heterocycles. The Morgan fingerprint density at radius 2 is 1.92 bits per heavy atom. The average molecular weight is 353 g/mol. The van der Waals surface area contributed by atoms with Crippen molar-refractivity contribution in [3.8, 4) is 5.69 Å². The van der Waals surface area contributed by atoms with Crippen molar-refractivity contribution in [3.63, 3.8) is 0 Å². The van der Waals surface area contributed by atoms with Gasteiger partial charge in [0.2, 0.25) is 5.91 Å². The molecule has 0 unspecified atom stereocenters. The maximum atomic E-state index is 12.1.